The molecule has 3 fully saturated rings. The van der Waals surface area contributed by atoms with Crippen molar-refractivity contribution in [1.29, 1.82) is 0 Å². The average molecular weight is 296 g/mol. The van der Waals surface area contributed by atoms with Gasteiger partial charge in [0.1, 0.15) is 6.61 Å². The van der Waals surface area contributed by atoms with Crippen molar-refractivity contribution >= 4 is 5.91 Å². The molecule has 0 radical (unpaired) electrons. The highest BCUT2D eigenvalue weighted by Gasteiger charge is 2.45. The molecule has 1 saturated carbocycles. The lowest BCUT2D eigenvalue weighted by atomic mass is 9.64. The second-order valence-corrected chi connectivity index (χ2v) is 7.23. The third-order valence-electron chi connectivity index (χ3n) is 5.96. The highest BCUT2D eigenvalue weighted by molar-refractivity contribution is 5.77. The Morgan fingerprint density at radius 2 is 1.76 bits per heavy atom. The largest absolute Gasteiger partial charge is 0.396 e. The van der Waals surface area contributed by atoms with E-state index in [-0.39, 0.29) is 23.8 Å². The molecule has 0 bridgehead atoms. The van der Waals surface area contributed by atoms with Gasteiger partial charge in [0.2, 0.25) is 5.91 Å². The Kier molecular flexibility index (Phi) is 4.52. The summed E-state index contributed by atoms with van der Waals surface area (Å²) in [5.41, 5.74) is 0.209. The summed E-state index contributed by atoms with van der Waals surface area (Å²) < 4.78 is 0. The van der Waals surface area contributed by atoms with Crippen molar-refractivity contribution in [3.8, 4) is 0 Å². The smallest absolute Gasteiger partial charge is 0.248 e. The Morgan fingerprint density at radius 1 is 1.10 bits per heavy atom. The van der Waals surface area contributed by atoms with Crippen LogP contribution in [0.2, 0.25) is 0 Å². The van der Waals surface area contributed by atoms with Gasteiger partial charge in [0.15, 0.2) is 0 Å². The maximum absolute atomic E-state index is 11.7. The first kappa shape index (κ1) is 15.3. The molecule has 2 N–H and O–H groups in total. The van der Waals surface area contributed by atoms with E-state index in [0.717, 1.165) is 44.8 Å². The first-order valence-corrected chi connectivity index (χ1v) is 8.39. The molecule has 1 spiro atoms. The molecule has 2 aliphatic heterocycles. The fraction of sp³-hybridized carbons (Fsp3) is 0.938. The van der Waals surface area contributed by atoms with Crippen molar-refractivity contribution in [3.05, 3.63) is 0 Å². The van der Waals surface area contributed by atoms with Crippen molar-refractivity contribution in [2.75, 3.05) is 45.9 Å². The van der Waals surface area contributed by atoms with Crippen LogP contribution in [0.15, 0.2) is 0 Å². The van der Waals surface area contributed by atoms with Crippen molar-refractivity contribution in [3.63, 3.8) is 0 Å². The molecule has 2 heterocycles. The molecular weight excluding hydrogens is 268 g/mol. The minimum Gasteiger partial charge on any atom is -0.396 e. The number of piperidine rings is 2. The Bertz CT molecular complexity index is 376. The van der Waals surface area contributed by atoms with Gasteiger partial charge in [-0.1, -0.05) is 0 Å². The van der Waals surface area contributed by atoms with Crippen LogP contribution < -0.4 is 0 Å². The molecule has 3 aliphatic rings. The van der Waals surface area contributed by atoms with E-state index in [0.29, 0.717) is 6.54 Å². The number of carbonyl (C=O) groups excluding carboxylic acids is 1. The van der Waals surface area contributed by atoms with Crippen molar-refractivity contribution in [2.45, 2.75) is 32.1 Å². The van der Waals surface area contributed by atoms with E-state index in [1.54, 1.807) is 4.90 Å². The van der Waals surface area contributed by atoms with Crippen LogP contribution >= 0.6 is 0 Å². The molecule has 1 aliphatic carbocycles. The molecule has 5 nitrogen and oxygen atoms in total. The number of aliphatic hydroxyl groups excluding tert-OH is 2. The molecule has 0 aromatic heterocycles. The Hall–Kier alpha value is -0.650. The maximum Gasteiger partial charge on any atom is 0.248 e. The minimum absolute atomic E-state index is 0.151. The fourth-order valence-corrected chi connectivity index (χ4v) is 4.20. The number of hydrogen-bond donors (Lipinski definition) is 2. The van der Waals surface area contributed by atoms with Crippen LogP contribution in [0.5, 0.6) is 0 Å². The van der Waals surface area contributed by atoms with Gasteiger partial charge in [0, 0.05) is 32.2 Å². The summed E-state index contributed by atoms with van der Waals surface area (Å²) in [6.45, 7) is 4.62. The van der Waals surface area contributed by atoms with E-state index in [9.17, 15) is 9.90 Å². The molecule has 1 unspecified atom stereocenters. The number of carbonyl (C=O) groups is 1. The van der Waals surface area contributed by atoms with E-state index in [4.69, 9.17) is 5.11 Å². The predicted octanol–water partition coefficient (Wildman–Crippen LogP) is 0.312. The zero-order valence-corrected chi connectivity index (χ0v) is 12.8. The van der Waals surface area contributed by atoms with Gasteiger partial charge in [-0.05, 0) is 56.5 Å². The molecule has 0 aromatic carbocycles. The molecular formula is C16H28N2O3. The van der Waals surface area contributed by atoms with Gasteiger partial charge < -0.3 is 20.0 Å². The van der Waals surface area contributed by atoms with E-state index < -0.39 is 6.61 Å². The average Bonchev–Trinajstić information content (AvgIpc) is 3.33. The van der Waals surface area contributed by atoms with Gasteiger partial charge in [-0.25, -0.2) is 0 Å². The number of likely N-dealkylation sites (tertiary alicyclic amines) is 2. The molecule has 1 amide bonds. The molecule has 2 saturated heterocycles. The zero-order valence-electron chi connectivity index (χ0n) is 12.8. The van der Waals surface area contributed by atoms with Crippen LogP contribution in [0, 0.1) is 17.3 Å². The van der Waals surface area contributed by atoms with Crippen LogP contribution in [0.3, 0.4) is 0 Å². The first-order valence-electron chi connectivity index (χ1n) is 8.39. The first-order chi connectivity index (χ1) is 10.2. The number of nitrogens with zero attached hydrogens (tertiary/aromatic N) is 2. The fourth-order valence-electron chi connectivity index (χ4n) is 4.20. The summed E-state index contributed by atoms with van der Waals surface area (Å²) in [4.78, 5) is 16.0. The van der Waals surface area contributed by atoms with Crippen LogP contribution in [0.25, 0.3) is 0 Å². The standard InChI is InChI=1S/C16H28N2O3/c19-11-14-10-18(15(21)12-20)8-5-16(14)3-6-17(7-4-16)9-13-1-2-13/h13-14,19-20H,1-12H2. The Balaban J connectivity index is 1.58. The van der Waals surface area contributed by atoms with Crippen molar-refractivity contribution in [1.82, 2.24) is 9.80 Å². The number of amides is 1. The lowest BCUT2D eigenvalue weighted by molar-refractivity contribution is -0.141. The van der Waals surface area contributed by atoms with Crippen LogP contribution in [0.1, 0.15) is 32.1 Å². The maximum atomic E-state index is 11.7. The lowest BCUT2D eigenvalue weighted by Crippen LogP contribution is -2.55. The lowest BCUT2D eigenvalue weighted by Gasteiger charge is -2.51. The summed E-state index contributed by atoms with van der Waals surface area (Å²) in [6, 6.07) is 0. The van der Waals surface area contributed by atoms with Gasteiger partial charge in [0.25, 0.3) is 0 Å². The minimum atomic E-state index is -0.416. The van der Waals surface area contributed by atoms with E-state index in [2.05, 4.69) is 4.90 Å². The van der Waals surface area contributed by atoms with Gasteiger partial charge in [-0.3, -0.25) is 4.79 Å². The monoisotopic (exact) mass is 296 g/mol. The van der Waals surface area contributed by atoms with Gasteiger partial charge in [-0.2, -0.15) is 0 Å². The summed E-state index contributed by atoms with van der Waals surface area (Å²) in [5, 5.41) is 18.8. The topological polar surface area (TPSA) is 64.0 Å². The van der Waals surface area contributed by atoms with Crippen LogP contribution in [0.4, 0.5) is 0 Å². The summed E-state index contributed by atoms with van der Waals surface area (Å²) in [5.74, 6) is 0.913. The zero-order chi connectivity index (χ0) is 14.9. The SMILES string of the molecule is O=C(CO)N1CCC2(CCN(CC3CC3)CC2)C(CO)C1. The van der Waals surface area contributed by atoms with Gasteiger partial charge >= 0.3 is 0 Å². The van der Waals surface area contributed by atoms with E-state index in [1.165, 1.54) is 19.4 Å². The highest BCUT2D eigenvalue weighted by atomic mass is 16.3. The third kappa shape index (κ3) is 3.25. The molecule has 0 aromatic rings. The highest BCUT2D eigenvalue weighted by Crippen LogP contribution is 2.45. The number of rotatable bonds is 4. The van der Waals surface area contributed by atoms with E-state index in [1.807, 2.05) is 0 Å². The molecule has 21 heavy (non-hydrogen) atoms. The van der Waals surface area contributed by atoms with Crippen LogP contribution in [-0.4, -0.2) is 71.9 Å². The summed E-state index contributed by atoms with van der Waals surface area (Å²) in [6.07, 6.45) is 6.07. The van der Waals surface area contributed by atoms with Crippen LogP contribution in [-0.2, 0) is 4.79 Å². The molecule has 1 atom stereocenters. The van der Waals surface area contributed by atoms with Crippen molar-refractivity contribution < 1.29 is 15.0 Å². The predicted molar refractivity (Wildman–Crippen MR) is 79.7 cm³/mol. The quantitative estimate of drug-likeness (QED) is 0.784. The molecule has 120 valence electrons. The van der Waals surface area contributed by atoms with Crippen molar-refractivity contribution in [2.24, 2.45) is 17.3 Å². The summed E-state index contributed by atoms with van der Waals surface area (Å²) >= 11 is 0. The molecule has 5 heteroatoms. The third-order valence-corrected chi connectivity index (χ3v) is 5.96. The summed E-state index contributed by atoms with van der Waals surface area (Å²) in [7, 11) is 0. The normalized spacial score (nSPS) is 29.8. The Morgan fingerprint density at radius 3 is 2.33 bits per heavy atom. The van der Waals surface area contributed by atoms with Gasteiger partial charge in [-0.15, -0.1) is 0 Å². The van der Waals surface area contributed by atoms with Gasteiger partial charge in [0.05, 0.1) is 0 Å². The number of aliphatic hydroxyl groups is 2. The molecule has 3 rings (SSSR count). The second-order valence-electron chi connectivity index (χ2n) is 7.23. The Labute approximate surface area is 126 Å². The number of hydrogen-bond acceptors (Lipinski definition) is 4. The second kappa shape index (κ2) is 6.23. The van der Waals surface area contributed by atoms with E-state index >= 15 is 0 Å².